The zero-order valence-corrected chi connectivity index (χ0v) is 16.8. The van der Waals surface area contributed by atoms with Crippen molar-refractivity contribution in [2.24, 2.45) is 0 Å². The number of nitrogens with one attached hydrogen (secondary N) is 1. The van der Waals surface area contributed by atoms with Crippen molar-refractivity contribution in [3.63, 3.8) is 0 Å². The Morgan fingerprint density at radius 1 is 1.14 bits per heavy atom. The lowest BCUT2D eigenvalue weighted by Crippen LogP contribution is -2.11. The maximum atomic E-state index is 12.7. The molecule has 0 unspecified atom stereocenters. The van der Waals surface area contributed by atoms with Crippen molar-refractivity contribution in [1.29, 1.82) is 0 Å². The average Bonchev–Trinajstić information content (AvgIpc) is 3.39. The third-order valence-corrected chi connectivity index (χ3v) is 5.57. The standard InChI is InChI=1S/C21H19N5O2S/c1-14-19(29-21(24-14)16-5-9-18(28-2)10-6-16)20(27)25-17-7-3-15(4-8-17)11-26-13-22-12-23-26/h3-10,12-13H,11H2,1-2H3,(H,25,27). The number of carbonyl (C=O) groups excluding carboxylic acids is 1. The predicted molar refractivity (Wildman–Crippen MR) is 112 cm³/mol. The van der Waals surface area contributed by atoms with Crippen LogP contribution in [0.4, 0.5) is 5.69 Å². The molecule has 7 nitrogen and oxygen atoms in total. The molecular weight excluding hydrogens is 386 g/mol. The van der Waals surface area contributed by atoms with E-state index >= 15 is 0 Å². The van der Waals surface area contributed by atoms with E-state index < -0.39 is 0 Å². The van der Waals surface area contributed by atoms with E-state index in [9.17, 15) is 4.79 Å². The minimum atomic E-state index is -0.163. The first-order valence-electron chi connectivity index (χ1n) is 8.97. The van der Waals surface area contributed by atoms with Gasteiger partial charge in [-0.15, -0.1) is 11.3 Å². The summed E-state index contributed by atoms with van der Waals surface area (Å²) in [7, 11) is 1.63. The fourth-order valence-electron chi connectivity index (χ4n) is 2.85. The number of amides is 1. The highest BCUT2D eigenvalue weighted by Gasteiger charge is 2.16. The van der Waals surface area contributed by atoms with Crippen molar-refractivity contribution >= 4 is 22.9 Å². The van der Waals surface area contributed by atoms with Crippen molar-refractivity contribution in [1.82, 2.24) is 19.7 Å². The van der Waals surface area contributed by atoms with Gasteiger partial charge >= 0.3 is 0 Å². The van der Waals surface area contributed by atoms with Crippen molar-refractivity contribution in [3.05, 3.63) is 77.3 Å². The molecule has 4 rings (SSSR count). The van der Waals surface area contributed by atoms with Crippen molar-refractivity contribution in [2.45, 2.75) is 13.5 Å². The van der Waals surface area contributed by atoms with Crippen LogP contribution in [-0.4, -0.2) is 32.8 Å². The maximum absolute atomic E-state index is 12.7. The lowest BCUT2D eigenvalue weighted by atomic mass is 10.2. The molecule has 0 fully saturated rings. The number of methoxy groups -OCH3 is 1. The molecule has 8 heteroatoms. The molecular formula is C21H19N5O2S. The number of nitrogens with zero attached hydrogens (tertiary/aromatic N) is 4. The first-order chi connectivity index (χ1) is 14.1. The number of aryl methyl sites for hydroxylation is 1. The molecule has 0 spiro atoms. The Labute approximate surface area is 172 Å². The van der Waals surface area contributed by atoms with E-state index in [4.69, 9.17) is 4.74 Å². The second kappa shape index (κ2) is 8.24. The summed E-state index contributed by atoms with van der Waals surface area (Å²) in [6.07, 6.45) is 3.18. The Bertz CT molecular complexity index is 1100. The van der Waals surface area contributed by atoms with Crippen LogP contribution in [0.2, 0.25) is 0 Å². The van der Waals surface area contributed by atoms with Gasteiger partial charge in [0.15, 0.2) is 0 Å². The Balaban J connectivity index is 1.46. The van der Waals surface area contributed by atoms with Crippen LogP contribution in [0.1, 0.15) is 20.9 Å². The topological polar surface area (TPSA) is 81.9 Å². The van der Waals surface area contributed by atoms with Gasteiger partial charge < -0.3 is 10.1 Å². The summed E-state index contributed by atoms with van der Waals surface area (Å²) >= 11 is 1.38. The zero-order chi connectivity index (χ0) is 20.2. The van der Waals surface area contributed by atoms with Gasteiger partial charge in [0, 0.05) is 11.3 Å². The molecule has 2 aromatic carbocycles. The fraction of sp³-hybridized carbons (Fsp3) is 0.143. The number of carbonyl (C=O) groups is 1. The van der Waals surface area contributed by atoms with Gasteiger partial charge in [-0.3, -0.25) is 4.79 Å². The van der Waals surface area contributed by atoms with E-state index in [0.717, 1.165) is 27.6 Å². The maximum Gasteiger partial charge on any atom is 0.267 e. The average molecular weight is 405 g/mol. The molecule has 2 aromatic heterocycles. The number of thiazole rings is 1. The predicted octanol–water partition coefficient (Wildman–Crippen LogP) is 4.02. The van der Waals surface area contributed by atoms with Crippen molar-refractivity contribution in [2.75, 3.05) is 12.4 Å². The molecule has 4 aromatic rings. The fourth-order valence-corrected chi connectivity index (χ4v) is 3.81. The Hall–Kier alpha value is -3.52. The summed E-state index contributed by atoms with van der Waals surface area (Å²) in [6, 6.07) is 15.3. The number of aromatic nitrogens is 4. The van der Waals surface area contributed by atoms with E-state index in [1.165, 1.54) is 17.7 Å². The Morgan fingerprint density at radius 2 is 1.90 bits per heavy atom. The molecule has 29 heavy (non-hydrogen) atoms. The molecule has 0 aliphatic heterocycles. The summed E-state index contributed by atoms with van der Waals surface area (Å²) < 4.78 is 6.93. The second-order valence-electron chi connectivity index (χ2n) is 6.41. The van der Waals surface area contributed by atoms with Crippen LogP contribution < -0.4 is 10.1 Å². The minimum absolute atomic E-state index is 0.163. The van der Waals surface area contributed by atoms with Crippen molar-refractivity contribution in [3.8, 4) is 16.3 Å². The Kier molecular flexibility index (Phi) is 5.35. The summed E-state index contributed by atoms with van der Waals surface area (Å²) in [4.78, 5) is 21.8. The number of benzene rings is 2. The molecule has 0 radical (unpaired) electrons. The first kappa shape index (κ1) is 18.8. The summed E-state index contributed by atoms with van der Waals surface area (Å²) in [5, 5.41) is 7.84. The number of rotatable bonds is 6. The van der Waals surface area contributed by atoms with E-state index in [-0.39, 0.29) is 5.91 Å². The van der Waals surface area contributed by atoms with E-state index in [1.54, 1.807) is 18.1 Å². The van der Waals surface area contributed by atoms with Crippen LogP contribution in [0.3, 0.4) is 0 Å². The molecule has 0 bridgehead atoms. The molecule has 1 N–H and O–H groups in total. The molecule has 146 valence electrons. The SMILES string of the molecule is COc1ccc(-c2nc(C)c(C(=O)Nc3ccc(Cn4cncn4)cc3)s2)cc1. The normalized spacial score (nSPS) is 10.7. The van der Waals surface area contributed by atoms with Gasteiger partial charge in [-0.1, -0.05) is 12.1 Å². The quantitative estimate of drug-likeness (QED) is 0.524. The highest BCUT2D eigenvalue weighted by Crippen LogP contribution is 2.29. The first-order valence-corrected chi connectivity index (χ1v) is 9.78. The van der Waals surface area contributed by atoms with Gasteiger partial charge in [-0.05, 0) is 48.9 Å². The molecule has 0 saturated carbocycles. The Morgan fingerprint density at radius 3 is 2.55 bits per heavy atom. The van der Waals surface area contributed by atoms with Crippen LogP contribution in [-0.2, 0) is 6.54 Å². The molecule has 0 aliphatic carbocycles. The van der Waals surface area contributed by atoms with Crippen LogP contribution >= 0.6 is 11.3 Å². The summed E-state index contributed by atoms with van der Waals surface area (Å²) in [6.45, 7) is 2.48. The molecule has 0 aliphatic rings. The smallest absolute Gasteiger partial charge is 0.267 e. The number of hydrogen-bond donors (Lipinski definition) is 1. The third-order valence-electron chi connectivity index (χ3n) is 4.36. The van der Waals surface area contributed by atoms with Crippen LogP contribution in [0.5, 0.6) is 5.75 Å². The van der Waals surface area contributed by atoms with E-state index in [2.05, 4.69) is 20.4 Å². The highest BCUT2D eigenvalue weighted by atomic mass is 32.1. The van der Waals surface area contributed by atoms with Gasteiger partial charge in [0.2, 0.25) is 0 Å². The number of ether oxygens (including phenoxy) is 1. The van der Waals surface area contributed by atoms with Gasteiger partial charge in [0.25, 0.3) is 5.91 Å². The second-order valence-corrected chi connectivity index (χ2v) is 7.41. The van der Waals surface area contributed by atoms with Crippen molar-refractivity contribution < 1.29 is 9.53 Å². The zero-order valence-electron chi connectivity index (χ0n) is 16.0. The van der Waals surface area contributed by atoms with Crippen LogP contribution in [0, 0.1) is 6.92 Å². The number of hydrogen-bond acceptors (Lipinski definition) is 6. The lowest BCUT2D eigenvalue weighted by molar-refractivity contribution is 0.103. The lowest BCUT2D eigenvalue weighted by Gasteiger charge is -2.06. The monoisotopic (exact) mass is 405 g/mol. The van der Waals surface area contributed by atoms with Crippen LogP contribution in [0.25, 0.3) is 10.6 Å². The van der Waals surface area contributed by atoms with Gasteiger partial charge in [0.1, 0.15) is 28.3 Å². The third kappa shape index (κ3) is 4.33. The largest absolute Gasteiger partial charge is 0.497 e. The molecule has 2 heterocycles. The van der Waals surface area contributed by atoms with Gasteiger partial charge in [-0.2, -0.15) is 5.10 Å². The molecule has 1 amide bonds. The van der Waals surface area contributed by atoms with E-state index in [1.807, 2.05) is 55.5 Å². The number of anilines is 1. The van der Waals surface area contributed by atoms with Crippen LogP contribution in [0.15, 0.2) is 61.2 Å². The van der Waals surface area contributed by atoms with Gasteiger partial charge in [-0.25, -0.2) is 14.6 Å². The van der Waals surface area contributed by atoms with Gasteiger partial charge in [0.05, 0.1) is 19.3 Å². The minimum Gasteiger partial charge on any atom is -0.497 e. The summed E-state index contributed by atoms with van der Waals surface area (Å²) in [5.41, 5.74) is 3.47. The molecule has 0 saturated heterocycles. The molecule has 0 atom stereocenters. The highest BCUT2D eigenvalue weighted by molar-refractivity contribution is 7.17. The van der Waals surface area contributed by atoms with E-state index in [0.29, 0.717) is 17.1 Å². The summed E-state index contributed by atoms with van der Waals surface area (Å²) in [5.74, 6) is 0.621.